The van der Waals surface area contributed by atoms with Gasteiger partial charge in [-0.2, -0.15) is 5.10 Å². The maximum Gasteiger partial charge on any atom is 0.124 e. The summed E-state index contributed by atoms with van der Waals surface area (Å²) in [5, 5.41) is 7.48. The number of anilines is 1. The summed E-state index contributed by atoms with van der Waals surface area (Å²) in [4.78, 5) is 0. The highest BCUT2D eigenvalue weighted by Crippen LogP contribution is 2.11. The summed E-state index contributed by atoms with van der Waals surface area (Å²) in [6.07, 6.45) is 4.33. The zero-order valence-corrected chi connectivity index (χ0v) is 5.88. The Labute approximate surface area is 60.0 Å². The van der Waals surface area contributed by atoms with Crippen LogP contribution in [0.4, 0.5) is 5.82 Å². The smallest absolute Gasteiger partial charge is 0.124 e. The molecule has 0 atom stereocenters. The van der Waals surface area contributed by atoms with E-state index in [0.717, 1.165) is 18.9 Å². The minimum Gasteiger partial charge on any atom is -0.370 e. The molecule has 1 N–H and O–H groups in total. The Morgan fingerprint density at radius 2 is 2.50 bits per heavy atom. The van der Waals surface area contributed by atoms with Gasteiger partial charge in [0.15, 0.2) is 0 Å². The summed E-state index contributed by atoms with van der Waals surface area (Å²) >= 11 is 0. The normalized spacial score (nSPS) is 17.2. The molecule has 3 heteroatoms. The Bertz CT molecular complexity index is 196. The Balaban J connectivity index is 2.28. The highest BCUT2D eigenvalue weighted by molar-refractivity contribution is 5.33. The second-order valence-corrected chi connectivity index (χ2v) is 2.57. The van der Waals surface area contributed by atoms with Crippen LogP contribution in [0.25, 0.3) is 0 Å². The predicted molar refractivity (Wildman–Crippen MR) is 40.0 cm³/mol. The molecule has 0 fully saturated rings. The molecule has 0 aromatic carbocycles. The molecule has 0 amide bonds. The van der Waals surface area contributed by atoms with Crippen LogP contribution in [0.1, 0.15) is 12.8 Å². The molecule has 0 saturated carbocycles. The second kappa shape index (κ2) is 2.33. The van der Waals surface area contributed by atoms with Crippen molar-refractivity contribution in [3.63, 3.8) is 0 Å². The maximum absolute atomic E-state index is 4.17. The van der Waals surface area contributed by atoms with E-state index in [1.54, 1.807) is 0 Å². The quantitative estimate of drug-likeness (QED) is 0.580. The maximum atomic E-state index is 4.17. The van der Waals surface area contributed by atoms with Crippen LogP contribution in [-0.2, 0) is 6.54 Å². The van der Waals surface area contributed by atoms with Crippen LogP contribution in [0.15, 0.2) is 12.3 Å². The van der Waals surface area contributed by atoms with Crippen molar-refractivity contribution in [3.8, 4) is 0 Å². The van der Waals surface area contributed by atoms with Gasteiger partial charge in [-0.15, -0.1) is 0 Å². The summed E-state index contributed by atoms with van der Waals surface area (Å²) in [5.74, 6) is 1.16. The highest BCUT2D eigenvalue weighted by atomic mass is 15.3. The first-order chi connectivity index (χ1) is 4.97. The lowest BCUT2D eigenvalue weighted by molar-refractivity contribution is 0.593. The van der Waals surface area contributed by atoms with Crippen LogP contribution in [0.3, 0.4) is 0 Å². The zero-order chi connectivity index (χ0) is 6.81. The van der Waals surface area contributed by atoms with Crippen molar-refractivity contribution in [2.24, 2.45) is 0 Å². The number of aromatic nitrogens is 2. The van der Waals surface area contributed by atoms with Gasteiger partial charge in [-0.1, -0.05) is 0 Å². The van der Waals surface area contributed by atoms with Crippen LogP contribution >= 0.6 is 0 Å². The third-order valence-electron chi connectivity index (χ3n) is 1.82. The lowest BCUT2D eigenvalue weighted by Gasteiger charge is -2.00. The number of fused-ring (bicyclic) bond motifs is 1. The van der Waals surface area contributed by atoms with Crippen molar-refractivity contribution in [2.75, 3.05) is 11.9 Å². The molecule has 0 saturated heterocycles. The molecule has 3 nitrogen and oxygen atoms in total. The number of rotatable bonds is 0. The molecule has 10 heavy (non-hydrogen) atoms. The Kier molecular flexibility index (Phi) is 1.34. The molecule has 2 heterocycles. The first kappa shape index (κ1) is 5.77. The molecule has 0 spiro atoms. The lowest BCUT2D eigenvalue weighted by Crippen LogP contribution is -2.02. The molecular formula is C7H11N3. The van der Waals surface area contributed by atoms with Crippen LogP contribution in [0, 0.1) is 0 Å². The average Bonchev–Trinajstić information content (AvgIpc) is 2.28. The molecule has 0 unspecified atom stereocenters. The van der Waals surface area contributed by atoms with Gasteiger partial charge in [0.1, 0.15) is 5.82 Å². The van der Waals surface area contributed by atoms with Gasteiger partial charge in [0, 0.05) is 19.2 Å². The van der Waals surface area contributed by atoms with Gasteiger partial charge >= 0.3 is 0 Å². The minimum absolute atomic E-state index is 1.06. The summed E-state index contributed by atoms with van der Waals surface area (Å²) in [6, 6.07) is 2.02. The Morgan fingerprint density at radius 1 is 1.50 bits per heavy atom. The molecule has 2 rings (SSSR count). The number of hydrogen-bond donors (Lipinski definition) is 1. The fraction of sp³-hybridized carbons (Fsp3) is 0.571. The largest absolute Gasteiger partial charge is 0.370 e. The lowest BCUT2D eigenvalue weighted by atomic mass is 10.3. The standard InChI is InChI=1S/C7H11N3/c1-2-6-10-7(8-4-1)3-5-9-10/h3,5,8H,1-2,4,6H2. The van der Waals surface area contributed by atoms with Crippen molar-refractivity contribution in [1.82, 2.24) is 9.78 Å². The van der Waals surface area contributed by atoms with Crippen molar-refractivity contribution >= 4 is 5.82 Å². The van der Waals surface area contributed by atoms with E-state index in [4.69, 9.17) is 0 Å². The van der Waals surface area contributed by atoms with Gasteiger partial charge in [0.25, 0.3) is 0 Å². The van der Waals surface area contributed by atoms with Crippen LogP contribution in [0.5, 0.6) is 0 Å². The SMILES string of the molecule is c1cc2n(n1)CCCCN2. The van der Waals surface area contributed by atoms with Crippen LogP contribution in [0.2, 0.25) is 0 Å². The summed E-state index contributed by atoms with van der Waals surface area (Å²) in [5.41, 5.74) is 0. The van der Waals surface area contributed by atoms with Crippen molar-refractivity contribution in [1.29, 1.82) is 0 Å². The number of nitrogens with one attached hydrogen (secondary N) is 1. The van der Waals surface area contributed by atoms with E-state index in [2.05, 4.69) is 10.4 Å². The first-order valence-electron chi connectivity index (χ1n) is 3.72. The van der Waals surface area contributed by atoms with E-state index >= 15 is 0 Å². The van der Waals surface area contributed by atoms with Crippen molar-refractivity contribution < 1.29 is 0 Å². The third kappa shape index (κ3) is 0.875. The van der Waals surface area contributed by atoms with E-state index in [1.807, 2.05) is 16.9 Å². The van der Waals surface area contributed by atoms with Crippen molar-refractivity contribution in [2.45, 2.75) is 19.4 Å². The highest BCUT2D eigenvalue weighted by Gasteiger charge is 2.04. The molecule has 1 aliphatic heterocycles. The first-order valence-corrected chi connectivity index (χ1v) is 3.72. The predicted octanol–water partition coefficient (Wildman–Crippen LogP) is 1.09. The monoisotopic (exact) mass is 137 g/mol. The van der Waals surface area contributed by atoms with Gasteiger partial charge in [-0.05, 0) is 12.8 Å². The van der Waals surface area contributed by atoms with Gasteiger partial charge in [0.2, 0.25) is 0 Å². The van der Waals surface area contributed by atoms with E-state index in [0.29, 0.717) is 0 Å². The van der Waals surface area contributed by atoms with E-state index in [9.17, 15) is 0 Å². The third-order valence-corrected chi connectivity index (χ3v) is 1.82. The summed E-state index contributed by atoms with van der Waals surface area (Å²) in [6.45, 7) is 2.15. The molecule has 1 aliphatic rings. The summed E-state index contributed by atoms with van der Waals surface area (Å²) in [7, 11) is 0. The van der Waals surface area contributed by atoms with Crippen LogP contribution < -0.4 is 5.32 Å². The molecule has 0 bridgehead atoms. The fourth-order valence-corrected chi connectivity index (χ4v) is 1.26. The molecule has 0 radical (unpaired) electrons. The fourth-order valence-electron chi connectivity index (χ4n) is 1.26. The van der Waals surface area contributed by atoms with Gasteiger partial charge in [0.05, 0.1) is 6.20 Å². The van der Waals surface area contributed by atoms with Crippen LogP contribution in [-0.4, -0.2) is 16.3 Å². The van der Waals surface area contributed by atoms with Crippen molar-refractivity contribution in [3.05, 3.63) is 12.3 Å². The van der Waals surface area contributed by atoms with E-state index < -0.39 is 0 Å². The van der Waals surface area contributed by atoms with Gasteiger partial charge < -0.3 is 5.32 Å². The Morgan fingerprint density at radius 3 is 3.50 bits per heavy atom. The zero-order valence-electron chi connectivity index (χ0n) is 5.88. The van der Waals surface area contributed by atoms with Gasteiger partial charge in [-0.25, -0.2) is 4.68 Å². The molecular weight excluding hydrogens is 126 g/mol. The Hall–Kier alpha value is -0.990. The average molecular weight is 137 g/mol. The molecule has 1 aromatic rings. The summed E-state index contributed by atoms with van der Waals surface area (Å²) < 4.78 is 2.02. The number of nitrogens with zero attached hydrogens (tertiary/aromatic N) is 2. The minimum atomic E-state index is 1.06. The topological polar surface area (TPSA) is 29.9 Å². The number of aryl methyl sites for hydroxylation is 1. The van der Waals surface area contributed by atoms with E-state index in [-0.39, 0.29) is 0 Å². The molecule has 1 aromatic heterocycles. The molecule has 0 aliphatic carbocycles. The van der Waals surface area contributed by atoms with E-state index in [1.165, 1.54) is 12.8 Å². The number of hydrogen-bond acceptors (Lipinski definition) is 2. The van der Waals surface area contributed by atoms with Gasteiger partial charge in [-0.3, -0.25) is 0 Å². The molecule has 54 valence electrons. The second-order valence-electron chi connectivity index (χ2n) is 2.57.